The number of benzene rings is 3. The molecule has 3 aromatic carbocycles. The Morgan fingerprint density at radius 1 is 1.00 bits per heavy atom. The number of esters is 1. The molecule has 2 aliphatic rings. The van der Waals surface area contributed by atoms with E-state index in [2.05, 4.69) is 5.32 Å². The van der Waals surface area contributed by atoms with Crippen molar-refractivity contribution in [1.29, 1.82) is 0 Å². The maximum Gasteiger partial charge on any atom is 0.416 e. The Morgan fingerprint density at radius 2 is 1.73 bits per heavy atom. The molecule has 0 radical (unpaired) electrons. The second-order valence-corrected chi connectivity index (χ2v) is 9.97. The molecule has 2 atom stereocenters. The van der Waals surface area contributed by atoms with Gasteiger partial charge in [-0.2, -0.15) is 13.2 Å². The molecule has 2 aliphatic heterocycles. The summed E-state index contributed by atoms with van der Waals surface area (Å²) in [7, 11) is 1.24. The summed E-state index contributed by atoms with van der Waals surface area (Å²) in [6.07, 6.45) is -3.26. The highest BCUT2D eigenvalue weighted by Crippen LogP contribution is 2.45. The molecule has 2 heterocycles. The summed E-state index contributed by atoms with van der Waals surface area (Å²) < 4.78 is 65.7. The predicted octanol–water partition coefficient (Wildman–Crippen LogP) is 6.50. The maximum absolute atomic E-state index is 14.3. The molecule has 0 saturated carbocycles. The van der Waals surface area contributed by atoms with E-state index < -0.39 is 35.6 Å². The minimum absolute atomic E-state index is 0.0614. The number of carbonyl (C=O) groups is 2. The Kier molecular flexibility index (Phi) is 8.01. The lowest BCUT2D eigenvalue weighted by Gasteiger charge is -2.37. The third-order valence-electron chi connectivity index (χ3n) is 7.50. The summed E-state index contributed by atoms with van der Waals surface area (Å²) in [6.45, 7) is -0.150. The zero-order chi connectivity index (χ0) is 29.1. The van der Waals surface area contributed by atoms with Gasteiger partial charge in [0.25, 0.3) is 0 Å². The van der Waals surface area contributed by atoms with Crippen LogP contribution in [0, 0.1) is 5.82 Å². The van der Waals surface area contributed by atoms with E-state index in [9.17, 15) is 27.2 Å². The molecule has 3 aromatic rings. The van der Waals surface area contributed by atoms with Gasteiger partial charge in [0.2, 0.25) is 0 Å². The van der Waals surface area contributed by atoms with Gasteiger partial charge in [0.05, 0.1) is 24.3 Å². The summed E-state index contributed by atoms with van der Waals surface area (Å²) in [5, 5.41) is 2.61. The fraction of sp³-hybridized carbons (Fsp3) is 0.290. The number of halogens is 4. The zero-order valence-electron chi connectivity index (χ0n) is 22.2. The first-order valence-electron chi connectivity index (χ1n) is 13.2. The van der Waals surface area contributed by atoms with E-state index in [1.54, 1.807) is 6.07 Å². The van der Waals surface area contributed by atoms with Crippen molar-refractivity contribution in [2.24, 2.45) is 0 Å². The lowest BCUT2D eigenvalue weighted by atomic mass is 9.88. The molecule has 0 aliphatic carbocycles. The standard InChI is InChI=1S/C31H28F4N2O4/c1-40-29(38)28-24(23-13-11-21(32)15-27(23)41-18-19-7-3-2-4-8-19)16-22-12-14-26(28)37(22)30(39)36-17-20-9-5-6-10-25(20)31(33,34)35/h2-11,13,15,22,26H,12,14,16-18H2,1H3,(H,36,39). The Hall–Kier alpha value is -4.34. The van der Waals surface area contributed by atoms with Crippen molar-refractivity contribution >= 4 is 17.6 Å². The number of urea groups is 1. The SMILES string of the molecule is COC(=O)C1=C(c2ccc(F)cc2OCc2ccccc2)CC2CCC1N2C(=O)NCc1ccccc1C(F)(F)F. The molecule has 2 amide bonds. The van der Waals surface area contributed by atoms with Crippen molar-refractivity contribution < 1.29 is 36.6 Å². The minimum Gasteiger partial charge on any atom is -0.488 e. The normalized spacial score (nSPS) is 18.3. The van der Waals surface area contributed by atoms with Crippen LogP contribution in [-0.2, 0) is 28.9 Å². The van der Waals surface area contributed by atoms with Gasteiger partial charge < -0.3 is 19.7 Å². The Balaban J connectivity index is 1.44. The van der Waals surface area contributed by atoms with Crippen LogP contribution in [-0.4, -0.2) is 36.1 Å². The third kappa shape index (κ3) is 5.91. The van der Waals surface area contributed by atoms with E-state index >= 15 is 0 Å². The van der Waals surface area contributed by atoms with Crippen LogP contribution in [0.2, 0.25) is 0 Å². The number of carbonyl (C=O) groups excluding carboxylic acids is 2. The number of fused-ring (bicyclic) bond motifs is 2. The molecule has 1 N–H and O–H groups in total. The second-order valence-electron chi connectivity index (χ2n) is 9.97. The molecule has 6 nitrogen and oxygen atoms in total. The van der Waals surface area contributed by atoms with Crippen LogP contribution in [0.1, 0.15) is 41.5 Å². The lowest BCUT2D eigenvalue weighted by Crippen LogP contribution is -2.50. The molecule has 10 heteroatoms. The number of rotatable bonds is 7. The number of hydrogen-bond acceptors (Lipinski definition) is 4. The van der Waals surface area contributed by atoms with E-state index in [4.69, 9.17) is 9.47 Å². The Morgan fingerprint density at radius 3 is 2.46 bits per heavy atom. The second kappa shape index (κ2) is 11.6. The molecule has 0 aromatic heterocycles. The highest BCUT2D eigenvalue weighted by Gasteiger charge is 2.47. The molecule has 0 spiro atoms. The van der Waals surface area contributed by atoms with Gasteiger partial charge in [0.15, 0.2) is 0 Å². The summed E-state index contributed by atoms with van der Waals surface area (Å²) in [4.78, 5) is 28.0. The largest absolute Gasteiger partial charge is 0.488 e. The number of hydrogen-bond donors (Lipinski definition) is 1. The van der Waals surface area contributed by atoms with Crippen LogP contribution in [0.15, 0.2) is 78.4 Å². The van der Waals surface area contributed by atoms with Crippen molar-refractivity contribution in [1.82, 2.24) is 10.2 Å². The first-order valence-corrected chi connectivity index (χ1v) is 13.2. The predicted molar refractivity (Wildman–Crippen MR) is 143 cm³/mol. The topological polar surface area (TPSA) is 67.9 Å². The fourth-order valence-corrected chi connectivity index (χ4v) is 5.66. The van der Waals surface area contributed by atoms with Gasteiger partial charge in [-0.15, -0.1) is 0 Å². The van der Waals surface area contributed by atoms with Gasteiger partial charge >= 0.3 is 18.2 Å². The van der Waals surface area contributed by atoms with E-state index in [0.717, 1.165) is 11.6 Å². The molecular formula is C31H28F4N2O4. The summed E-state index contributed by atoms with van der Waals surface area (Å²) in [5.41, 5.74) is 1.37. The molecule has 2 bridgehead atoms. The van der Waals surface area contributed by atoms with Crippen LogP contribution in [0.25, 0.3) is 5.57 Å². The van der Waals surface area contributed by atoms with Crippen LogP contribution in [0.5, 0.6) is 5.75 Å². The summed E-state index contributed by atoms with van der Waals surface area (Å²) in [5.74, 6) is -0.883. The monoisotopic (exact) mass is 568 g/mol. The smallest absolute Gasteiger partial charge is 0.416 e. The average Bonchev–Trinajstić information content (AvgIpc) is 3.28. The van der Waals surface area contributed by atoms with Gasteiger partial charge in [0, 0.05) is 24.2 Å². The molecule has 5 rings (SSSR count). The number of alkyl halides is 3. The van der Waals surface area contributed by atoms with E-state index in [0.29, 0.717) is 24.0 Å². The first kappa shape index (κ1) is 28.2. The number of nitrogens with zero attached hydrogens (tertiary/aromatic N) is 1. The molecular weight excluding hydrogens is 540 g/mol. The van der Waals surface area contributed by atoms with E-state index in [1.807, 2.05) is 30.3 Å². The highest BCUT2D eigenvalue weighted by molar-refractivity contribution is 6.01. The molecule has 1 saturated heterocycles. The maximum atomic E-state index is 14.3. The Bertz CT molecular complexity index is 1470. The highest BCUT2D eigenvalue weighted by atomic mass is 19.4. The van der Waals surface area contributed by atoms with Crippen LogP contribution < -0.4 is 10.1 Å². The van der Waals surface area contributed by atoms with Crippen molar-refractivity contribution in [3.63, 3.8) is 0 Å². The average molecular weight is 569 g/mol. The molecule has 214 valence electrons. The molecule has 41 heavy (non-hydrogen) atoms. The third-order valence-corrected chi connectivity index (χ3v) is 7.50. The number of amides is 2. The van der Waals surface area contributed by atoms with Crippen LogP contribution >= 0.6 is 0 Å². The minimum atomic E-state index is -4.56. The van der Waals surface area contributed by atoms with Crippen LogP contribution in [0.4, 0.5) is 22.4 Å². The fourth-order valence-electron chi connectivity index (χ4n) is 5.66. The summed E-state index contributed by atoms with van der Waals surface area (Å²) >= 11 is 0. The zero-order valence-corrected chi connectivity index (χ0v) is 22.2. The van der Waals surface area contributed by atoms with E-state index in [1.165, 1.54) is 42.3 Å². The first-order chi connectivity index (χ1) is 19.7. The van der Waals surface area contributed by atoms with Crippen molar-refractivity contribution in [3.8, 4) is 5.75 Å². The number of ether oxygens (including phenoxy) is 2. The molecule has 2 unspecified atom stereocenters. The van der Waals surface area contributed by atoms with Crippen LogP contribution in [0.3, 0.4) is 0 Å². The molecule has 1 fully saturated rings. The van der Waals surface area contributed by atoms with Gasteiger partial charge in [-0.05, 0) is 54.2 Å². The number of methoxy groups -OCH3 is 1. The van der Waals surface area contributed by atoms with Crippen molar-refractivity contribution in [2.75, 3.05) is 7.11 Å². The Labute approximate surface area is 234 Å². The van der Waals surface area contributed by atoms with Gasteiger partial charge in [0.1, 0.15) is 18.2 Å². The quantitative estimate of drug-likeness (QED) is 0.261. The van der Waals surface area contributed by atoms with Crippen molar-refractivity contribution in [3.05, 3.63) is 106 Å². The van der Waals surface area contributed by atoms with Crippen molar-refractivity contribution in [2.45, 2.75) is 50.7 Å². The lowest BCUT2D eigenvalue weighted by molar-refractivity contribution is -0.138. The number of nitrogens with one attached hydrogen (secondary N) is 1. The van der Waals surface area contributed by atoms with Gasteiger partial charge in [-0.25, -0.2) is 14.0 Å². The van der Waals surface area contributed by atoms with Gasteiger partial charge in [-0.1, -0.05) is 48.5 Å². The summed E-state index contributed by atoms with van der Waals surface area (Å²) in [6, 6.07) is 16.9. The van der Waals surface area contributed by atoms with E-state index in [-0.39, 0.29) is 42.5 Å². The van der Waals surface area contributed by atoms with Gasteiger partial charge in [-0.3, -0.25) is 0 Å².